The third-order valence-corrected chi connectivity index (χ3v) is 5.15. The monoisotopic (exact) mass is 342 g/mol. The molecule has 0 bridgehead atoms. The zero-order valence-electron chi connectivity index (χ0n) is 11.7. The summed E-state index contributed by atoms with van der Waals surface area (Å²) < 4.78 is 35.9. The number of rotatable bonds is 5. The molecular weight excluding hydrogens is 327 g/mol. The Morgan fingerprint density at radius 3 is 2.68 bits per heavy atom. The van der Waals surface area contributed by atoms with E-state index in [1.807, 2.05) is 24.4 Å². The van der Waals surface area contributed by atoms with Crippen LogP contribution in [0.3, 0.4) is 0 Å². The van der Waals surface area contributed by atoms with Gasteiger partial charge in [-0.25, -0.2) is 17.9 Å². The fourth-order valence-electron chi connectivity index (χ4n) is 1.89. The highest BCUT2D eigenvalue weighted by Gasteiger charge is 2.17. The molecule has 1 aromatic carbocycles. The first-order valence-corrected chi connectivity index (χ1v) is 8.85. The van der Waals surface area contributed by atoms with E-state index in [0.717, 1.165) is 17.0 Å². The molecule has 0 aliphatic carbocycles. The van der Waals surface area contributed by atoms with Gasteiger partial charge in [0, 0.05) is 22.9 Å². The second-order valence-electron chi connectivity index (χ2n) is 4.82. The summed E-state index contributed by atoms with van der Waals surface area (Å²) in [6.45, 7) is 2.37. The van der Waals surface area contributed by atoms with Crippen LogP contribution in [0.1, 0.15) is 28.1 Å². The van der Waals surface area contributed by atoms with Gasteiger partial charge in [0.2, 0.25) is 10.0 Å². The van der Waals surface area contributed by atoms with Crippen molar-refractivity contribution in [3.8, 4) is 0 Å². The Morgan fingerprint density at radius 1 is 1.41 bits per heavy atom. The first-order chi connectivity index (χ1) is 10.3. The number of nitrogens with one attached hydrogen (secondary N) is 1. The van der Waals surface area contributed by atoms with Crippen LogP contribution in [0.2, 0.25) is 0 Å². The van der Waals surface area contributed by atoms with Gasteiger partial charge in [0.1, 0.15) is 10.7 Å². The van der Waals surface area contributed by atoms with Crippen LogP contribution in [0.4, 0.5) is 4.39 Å². The van der Waals surface area contributed by atoms with E-state index in [2.05, 4.69) is 5.32 Å². The molecule has 1 heterocycles. The molecular formula is C14H15FN2O3S2. The summed E-state index contributed by atoms with van der Waals surface area (Å²) in [5, 5.41) is 9.52. The van der Waals surface area contributed by atoms with Gasteiger partial charge in [-0.05, 0) is 29.6 Å². The van der Waals surface area contributed by atoms with E-state index < -0.39 is 26.6 Å². The average molecular weight is 342 g/mol. The second kappa shape index (κ2) is 6.55. The molecule has 0 aliphatic heterocycles. The summed E-state index contributed by atoms with van der Waals surface area (Å²) in [5.41, 5.74) is 0.0447. The topological polar surface area (TPSA) is 89.3 Å². The van der Waals surface area contributed by atoms with Crippen LogP contribution >= 0.6 is 11.3 Å². The minimum absolute atomic E-state index is 0.0447. The lowest BCUT2D eigenvalue weighted by molar-refractivity contribution is 0.0951. The van der Waals surface area contributed by atoms with Crippen molar-refractivity contribution in [2.75, 3.05) is 6.54 Å². The Balaban J connectivity index is 2.06. The van der Waals surface area contributed by atoms with Crippen molar-refractivity contribution < 1.29 is 17.6 Å². The first-order valence-electron chi connectivity index (χ1n) is 6.43. The lowest BCUT2D eigenvalue weighted by atomic mass is 10.1. The van der Waals surface area contributed by atoms with Gasteiger partial charge in [-0.15, -0.1) is 11.3 Å². The molecule has 118 valence electrons. The van der Waals surface area contributed by atoms with Gasteiger partial charge < -0.3 is 5.32 Å². The van der Waals surface area contributed by atoms with Crippen molar-refractivity contribution in [1.29, 1.82) is 0 Å². The molecule has 22 heavy (non-hydrogen) atoms. The Hall–Kier alpha value is -1.77. The largest absolute Gasteiger partial charge is 0.351 e. The molecule has 1 amide bonds. The normalized spacial score (nSPS) is 12.9. The maximum absolute atomic E-state index is 13.7. The number of amides is 1. The number of carbonyl (C=O) groups excluding carboxylic acids is 1. The zero-order valence-corrected chi connectivity index (χ0v) is 13.4. The maximum Gasteiger partial charge on any atom is 0.251 e. The summed E-state index contributed by atoms with van der Waals surface area (Å²) in [6, 6.07) is 6.99. The minimum atomic E-state index is -4.14. The third-order valence-electron chi connectivity index (χ3n) is 3.10. The van der Waals surface area contributed by atoms with E-state index in [9.17, 15) is 17.6 Å². The first kappa shape index (κ1) is 16.6. The average Bonchev–Trinajstić information content (AvgIpc) is 2.97. The fourth-order valence-corrected chi connectivity index (χ4v) is 3.27. The molecule has 2 rings (SSSR count). The highest BCUT2D eigenvalue weighted by Crippen LogP contribution is 2.20. The predicted octanol–water partition coefficient (Wildman–Crippen LogP) is 2.07. The van der Waals surface area contributed by atoms with Gasteiger partial charge >= 0.3 is 0 Å². The van der Waals surface area contributed by atoms with Crippen LogP contribution in [-0.2, 0) is 10.0 Å². The molecule has 0 spiro atoms. The number of thiophene rings is 1. The quantitative estimate of drug-likeness (QED) is 0.872. The van der Waals surface area contributed by atoms with Crippen molar-refractivity contribution in [2.45, 2.75) is 17.7 Å². The van der Waals surface area contributed by atoms with Crippen LogP contribution < -0.4 is 10.5 Å². The number of hydrogen-bond donors (Lipinski definition) is 2. The second-order valence-corrected chi connectivity index (χ2v) is 7.33. The molecule has 0 saturated carbocycles. The molecule has 5 nitrogen and oxygen atoms in total. The van der Waals surface area contributed by atoms with Crippen molar-refractivity contribution in [3.05, 3.63) is 52.0 Å². The molecule has 3 N–H and O–H groups in total. The van der Waals surface area contributed by atoms with Crippen molar-refractivity contribution >= 4 is 27.3 Å². The molecule has 2 aromatic rings. The van der Waals surface area contributed by atoms with Gasteiger partial charge in [-0.2, -0.15) is 0 Å². The van der Waals surface area contributed by atoms with Gasteiger partial charge in [-0.3, -0.25) is 4.79 Å². The number of carbonyl (C=O) groups is 1. The number of halogens is 1. The lowest BCUT2D eigenvalue weighted by Gasteiger charge is -2.11. The lowest BCUT2D eigenvalue weighted by Crippen LogP contribution is -2.27. The highest BCUT2D eigenvalue weighted by molar-refractivity contribution is 7.89. The van der Waals surface area contributed by atoms with Crippen LogP contribution in [-0.4, -0.2) is 20.9 Å². The molecule has 1 atom stereocenters. The Bertz CT molecular complexity index is 773. The van der Waals surface area contributed by atoms with E-state index in [4.69, 9.17) is 5.14 Å². The number of primary sulfonamides is 1. The summed E-state index contributed by atoms with van der Waals surface area (Å²) in [7, 11) is -4.14. The number of nitrogens with two attached hydrogens (primary N) is 1. The molecule has 0 fully saturated rings. The molecule has 0 saturated heterocycles. The predicted molar refractivity (Wildman–Crippen MR) is 82.8 cm³/mol. The van der Waals surface area contributed by atoms with Gasteiger partial charge in [0.25, 0.3) is 5.91 Å². The zero-order chi connectivity index (χ0) is 16.3. The Kier molecular flexibility index (Phi) is 4.94. The standard InChI is InChI=1S/C14H15FN2O3S2/c1-9(12-3-2-6-21-12)8-17-14(18)10-4-5-13(11(15)7-10)22(16,19)20/h2-7,9H,8H2,1H3,(H,17,18)(H2,16,19,20)/t9-/m0/s1. The van der Waals surface area contributed by atoms with E-state index in [-0.39, 0.29) is 11.5 Å². The van der Waals surface area contributed by atoms with Crippen LogP contribution in [0.25, 0.3) is 0 Å². The van der Waals surface area contributed by atoms with Crippen LogP contribution in [0.15, 0.2) is 40.6 Å². The van der Waals surface area contributed by atoms with E-state index in [0.29, 0.717) is 6.54 Å². The molecule has 0 unspecified atom stereocenters. The van der Waals surface area contributed by atoms with E-state index in [1.54, 1.807) is 11.3 Å². The summed E-state index contributed by atoms with van der Waals surface area (Å²) in [6.07, 6.45) is 0. The molecule has 0 radical (unpaired) electrons. The van der Waals surface area contributed by atoms with Gasteiger partial charge in [-0.1, -0.05) is 13.0 Å². The van der Waals surface area contributed by atoms with E-state index >= 15 is 0 Å². The number of sulfonamides is 1. The minimum Gasteiger partial charge on any atom is -0.351 e. The van der Waals surface area contributed by atoms with Crippen LogP contribution in [0, 0.1) is 5.82 Å². The molecule has 1 aromatic heterocycles. The fraction of sp³-hybridized carbons (Fsp3) is 0.214. The van der Waals surface area contributed by atoms with Crippen molar-refractivity contribution in [1.82, 2.24) is 5.32 Å². The smallest absolute Gasteiger partial charge is 0.251 e. The molecule has 8 heteroatoms. The summed E-state index contributed by atoms with van der Waals surface area (Å²) in [4.78, 5) is 12.5. The Labute approximate surface area is 132 Å². The highest BCUT2D eigenvalue weighted by atomic mass is 32.2. The van der Waals surface area contributed by atoms with Gasteiger partial charge in [0.05, 0.1) is 0 Å². The van der Waals surface area contributed by atoms with Crippen molar-refractivity contribution in [2.24, 2.45) is 5.14 Å². The molecule has 0 aliphatic rings. The van der Waals surface area contributed by atoms with Crippen molar-refractivity contribution in [3.63, 3.8) is 0 Å². The van der Waals surface area contributed by atoms with Crippen LogP contribution in [0.5, 0.6) is 0 Å². The van der Waals surface area contributed by atoms with Gasteiger partial charge in [0.15, 0.2) is 0 Å². The van der Waals surface area contributed by atoms with E-state index in [1.165, 1.54) is 6.07 Å². The summed E-state index contributed by atoms with van der Waals surface area (Å²) in [5.74, 6) is -1.37. The Morgan fingerprint density at radius 2 is 2.14 bits per heavy atom. The number of benzene rings is 1. The third kappa shape index (κ3) is 3.90. The SMILES string of the molecule is C[C@@H](CNC(=O)c1ccc(S(N)(=O)=O)c(F)c1)c1cccs1. The maximum atomic E-state index is 13.7. The number of hydrogen-bond acceptors (Lipinski definition) is 4. The summed E-state index contributed by atoms with van der Waals surface area (Å²) >= 11 is 1.59.